The van der Waals surface area contributed by atoms with Crippen LogP contribution in [0.3, 0.4) is 0 Å². The summed E-state index contributed by atoms with van der Waals surface area (Å²) in [5, 5.41) is 5.51. The van der Waals surface area contributed by atoms with E-state index in [4.69, 9.17) is 0 Å². The van der Waals surface area contributed by atoms with Crippen molar-refractivity contribution in [1.82, 2.24) is 10.3 Å². The van der Waals surface area contributed by atoms with E-state index in [-0.39, 0.29) is 5.91 Å². The van der Waals surface area contributed by atoms with Crippen LogP contribution in [-0.2, 0) is 4.79 Å². The molecule has 0 bridgehead atoms. The largest absolute Gasteiger partial charge is 0.391 e. The predicted octanol–water partition coefficient (Wildman–Crippen LogP) is 1.91. The zero-order chi connectivity index (χ0) is 11.3. The SMILES string of the molecule is CN/C(C)=C\C(=O)Nc1ccc(Br)cn1. The maximum atomic E-state index is 11.4. The van der Waals surface area contributed by atoms with E-state index in [2.05, 4.69) is 31.5 Å². The highest BCUT2D eigenvalue weighted by Crippen LogP contribution is 2.10. The number of pyridine rings is 1. The molecule has 4 nitrogen and oxygen atoms in total. The first-order chi connectivity index (χ1) is 7.11. The van der Waals surface area contributed by atoms with Crippen LogP contribution in [0.5, 0.6) is 0 Å². The number of hydrogen-bond acceptors (Lipinski definition) is 3. The second-order valence-electron chi connectivity index (χ2n) is 2.93. The van der Waals surface area contributed by atoms with Crippen molar-refractivity contribution in [3.05, 3.63) is 34.6 Å². The summed E-state index contributed by atoms with van der Waals surface area (Å²) < 4.78 is 0.877. The number of amides is 1. The summed E-state index contributed by atoms with van der Waals surface area (Å²) in [5.74, 6) is 0.333. The van der Waals surface area contributed by atoms with Crippen molar-refractivity contribution in [3.63, 3.8) is 0 Å². The van der Waals surface area contributed by atoms with Crippen molar-refractivity contribution >= 4 is 27.7 Å². The van der Waals surface area contributed by atoms with Crippen LogP contribution in [0.1, 0.15) is 6.92 Å². The quantitative estimate of drug-likeness (QED) is 0.825. The number of aromatic nitrogens is 1. The first-order valence-corrected chi connectivity index (χ1v) is 5.19. The van der Waals surface area contributed by atoms with Crippen LogP contribution in [0.15, 0.2) is 34.6 Å². The van der Waals surface area contributed by atoms with Gasteiger partial charge in [0.1, 0.15) is 5.82 Å². The first kappa shape index (κ1) is 11.7. The molecule has 80 valence electrons. The van der Waals surface area contributed by atoms with E-state index in [1.165, 1.54) is 6.08 Å². The van der Waals surface area contributed by atoms with E-state index in [0.29, 0.717) is 5.82 Å². The van der Waals surface area contributed by atoms with Crippen molar-refractivity contribution in [2.75, 3.05) is 12.4 Å². The average Bonchev–Trinajstić information content (AvgIpc) is 2.21. The van der Waals surface area contributed by atoms with Gasteiger partial charge in [0, 0.05) is 29.5 Å². The summed E-state index contributed by atoms with van der Waals surface area (Å²) in [6.45, 7) is 1.81. The van der Waals surface area contributed by atoms with Gasteiger partial charge >= 0.3 is 0 Å². The van der Waals surface area contributed by atoms with Crippen LogP contribution in [0.4, 0.5) is 5.82 Å². The number of hydrogen-bond donors (Lipinski definition) is 2. The molecule has 0 fully saturated rings. The molecular formula is C10H12BrN3O. The molecule has 1 amide bonds. The fourth-order valence-electron chi connectivity index (χ4n) is 0.881. The number of carbonyl (C=O) groups excluding carboxylic acids is 1. The van der Waals surface area contributed by atoms with E-state index in [9.17, 15) is 4.79 Å². The Hall–Kier alpha value is -1.36. The van der Waals surface area contributed by atoms with Gasteiger partial charge in [0.05, 0.1) is 0 Å². The van der Waals surface area contributed by atoms with E-state index >= 15 is 0 Å². The lowest BCUT2D eigenvalue weighted by Gasteiger charge is -2.02. The molecule has 15 heavy (non-hydrogen) atoms. The highest BCUT2D eigenvalue weighted by atomic mass is 79.9. The molecule has 2 N–H and O–H groups in total. The standard InChI is InChI=1S/C10H12BrN3O/c1-7(12-2)5-10(15)14-9-4-3-8(11)6-13-9/h3-6,12H,1-2H3,(H,13,14,15)/b7-5-. The number of nitrogens with one attached hydrogen (secondary N) is 2. The van der Waals surface area contributed by atoms with Gasteiger partial charge in [-0.1, -0.05) is 0 Å². The highest BCUT2D eigenvalue weighted by molar-refractivity contribution is 9.10. The smallest absolute Gasteiger partial charge is 0.251 e. The zero-order valence-corrected chi connectivity index (χ0v) is 10.1. The number of carbonyl (C=O) groups is 1. The second-order valence-corrected chi connectivity index (χ2v) is 3.84. The summed E-state index contributed by atoms with van der Waals surface area (Å²) in [7, 11) is 1.76. The Morgan fingerprint density at radius 2 is 2.27 bits per heavy atom. The molecule has 0 saturated carbocycles. The molecule has 5 heteroatoms. The lowest BCUT2D eigenvalue weighted by atomic mass is 10.4. The summed E-state index contributed by atoms with van der Waals surface area (Å²) in [6.07, 6.45) is 3.11. The molecular weight excluding hydrogens is 258 g/mol. The van der Waals surface area contributed by atoms with Crippen LogP contribution < -0.4 is 10.6 Å². The van der Waals surface area contributed by atoms with Gasteiger partial charge in [0.25, 0.3) is 5.91 Å². The van der Waals surface area contributed by atoms with Gasteiger partial charge in [-0.3, -0.25) is 4.79 Å². The molecule has 0 unspecified atom stereocenters. The number of allylic oxidation sites excluding steroid dienone is 1. The second kappa shape index (κ2) is 5.50. The van der Waals surface area contributed by atoms with Gasteiger partial charge in [0.15, 0.2) is 0 Å². The molecule has 0 aliphatic heterocycles. The summed E-state index contributed by atoms with van der Waals surface area (Å²) >= 11 is 3.27. The Morgan fingerprint density at radius 1 is 1.53 bits per heavy atom. The Morgan fingerprint density at radius 3 is 2.80 bits per heavy atom. The molecule has 0 aliphatic rings. The summed E-state index contributed by atoms with van der Waals surface area (Å²) in [6, 6.07) is 3.54. The minimum Gasteiger partial charge on any atom is -0.391 e. The predicted molar refractivity (Wildman–Crippen MR) is 63.4 cm³/mol. The fraction of sp³-hybridized carbons (Fsp3) is 0.200. The molecule has 0 radical (unpaired) electrons. The highest BCUT2D eigenvalue weighted by Gasteiger charge is 1.99. The van der Waals surface area contributed by atoms with Gasteiger partial charge < -0.3 is 10.6 Å². The van der Waals surface area contributed by atoms with Crippen LogP contribution in [0.25, 0.3) is 0 Å². The Bertz CT molecular complexity index is 373. The minimum absolute atomic E-state index is 0.198. The third-order valence-corrected chi connectivity index (χ3v) is 2.19. The normalized spacial score (nSPS) is 11.0. The number of anilines is 1. The lowest BCUT2D eigenvalue weighted by Crippen LogP contribution is -2.12. The van der Waals surface area contributed by atoms with Gasteiger partial charge in [-0.25, -0.2) is 4.98 Å². The molecule has 0 aromatic carbocycles. The number of halogens is 1. The van der Waals surface area contributed by atoms with Crippen LogP contribution >= 0.6 is 15.9 Å². The van der Waals surface area contributed by atoms with Crippen LogP contribution in [0, 0.1) is 0 Å². The Balaban J connectivity index is 2.63. The van der Waals surface area contributed by atoms with E-state index < -0.39 is 0 Å². The van der Waals surface area contributed by atoms with Gasteiger partial charge in [-0.2, -0.15) is 0 Å². The number of rotatable bonds is 3. The molecule has 0 aliphatic carbocycles. The van der Waals surface area contributed by atoms with Gasteiger partial charge in [-0.15, -0.1) is 0 Å². The molecule has 1 heterocycles. The Kier molecular flexibility index (Phi) is 4.30. The molecule has 1 aromatic rings. The summed E-state index contributed by atoms with van der Waals surface area (Å²) in [4.78, 5) is 15.4. The third kappa shape index (κ3) is 4.12. The van der Waals surface area contributed by atoms with E-state index in [1.807, 2.05) is 13.0 Å². The van der Waals surface area contributed by atoms with Gasteiger partial charge in [-0.05, 0) is 35.0 Å². The molecule has 0 saturated heterocycles. The Labute approximate surface area is 96.9 Å². The fourth-order valence-corrected chi connectivity index (χ4v) is 1.12. The van der Waals surface area contributed by atoms with Gasteiger partial charge in [0.2, 0.25) is 0 Å². The van der Waals surface area contributed by atoms with E-state index in [0.717, 1.165) is 10.2 Å². The van der Waals surface area contributed by atoms with Crippen molar-refractivity contribution in [1.29, 1.82) is 0 Å². The maximum absolute atomic E-state index is 11.4. The van der Waals surface area contributed by atoms with Crippen molar-refractivity contribution in [3.8, 4) is 0 Å². The first-order valence-electron chi connectivity index (χ1n) is 4.40. The maximum Gasteiger partial charge on any atom is 0.251 e. The van der Waals surface area contributed by atoms with E-state index in [1.54, 1.807) is 19.3 Å². The van der Waals surface area contributed by atoms with Crippen molar-refractivity contribution in [2.24, 2.45) is 0 Å². The monoisotopic (exact) mass is 269 g/mol. The summed E-state index contributed by atoms with van der Waals surface area (Å²) in [5.41, 5.74) is 0.796. The topological polar surface area (TPSA) is 54.0 Å². The average molecular weight is 270 g/mol. The molecule has 0 atom stereocenters. The van der Waals surface area contributed by atoms with Crippen molar-refractivity contribution in [2.45, 2.75) is 6.92 Å². The minimum atomic E-state index is -0.198. The number of nitrogens with zero attached hydrogens (tertiary/aromatic N) is 1. The molecule has 1 rings (SSSR count). The van der Waals surface area contributed by atoms with Crippen molar-refractivity contribution < 1.29 is 4.79 Å². The zero-order valence-electron chi connectivity index (χ0n) is 8.54. The molecule has 0 spiro atoms. The third-order valence-electron chi connectivity index (χ3n) is 1.72. The van der Waals surface area contributed by atoms with Crippen LogP contribution in [0.2, 0.25) is 0 Å². The lowest BCUT2D eigenvalue weighted by molar-refractivity contribution is -0.112. The van der Waals surface area contributed by atoms with Crippen LogP contribution in [-0.4, -0.2) is 17.9 Å². The molecule has 1 aromatic heterocycles.